The molecule has 0 aromatic heterocycles. The largest absolute Gasteiger partial charge is 0.328 e. The lowest BCUT2D eigenvalue weighted by Crippen LogP contribution is -2.29. The Balaban J connectivity index is 2.13. The van der Waals surface area contributed by atoms with Crippen molar-refractivity contribution in [2.75, 3.05) is 6.54 Å². The van der Waals surface area contributed by atoms with Gasteiger partial charge in [0.25, 0.3) is 0 Å². The second-order valence-electron chi connectivity index (χ2n) is 3.12. The highest BCUT2D eigenvalue weighted by Gasteiger charge is 2.17. The Hall–Kier alpha value is 0.210. The minimum Gasteiger partial charge on any atom is -0.328 e. The Kier molecular flexibility index (Phi) is 3.46. The quantitative estimate of drug-likeness (QED) is 0.600. The molecule has 3 heteroatoms. The molecule has 0 heterocycles. The van der Waals surface area contributed by atoms with Crippen LogP contribution < -0.4 is 10.6 Å². The van der Waals surface area contributed by atoms with Gasteiger partial charge in [-0.2, -0.15) is 0 Å². The van der Waals surface area contributed by atoms with E-state index in [4.69, 9.17) is 17.5 Å². The van der Waals surface area contributed by atoms with Gasteiger partial charge in [0.15, 0.2) is 0 Å². The number of nitrogens with one attached hydrogen (secondary N) is 1. The Labute approximate surface area is 67.2 Å². The lowest BCUT2D eigenvalue weighted by atomic mass is 9.87. The fraction of sp³-hybridized carbons (Fsp3) is 1.00. The highest BCUT2D eigenvalue weighted by Crippen LogP contribution is 2.22. The van der Waals surface area contributed by atoms with Crippen LogP contribution in [0.25, 0.3) is 0 Å². The molecule has 0 unspecified atom stereocenters. The number of hydrogen-bond acceptors (Lipinski definition) is 2. The van der Waals surface area contributed by atoms with E-state index < -0.39 is 0 Å². The van der Waals surface area contributed by atoms with Crippen LogP contribution in [0.2, 0.25) is 0 Å². The molecule has 2 nitrogen and oxygen atoms in total. The zero-order chi connectivity index (χ0) is 7.40. The molecule has 1 aliphatic rings. The predicted octanol–water partition coefficient (Wildman–Crippen LogP) is 1.25. The topological polar surface area (TPSA) is 38.0 Å². The summed E-state index contributed by atoms with van der Waals surface area (Å²) in [5, 5.41) is 0. The molecule has 1 fully saturated rings. The second-order valence-corrected chi connectivity index (χ2v) is 3.39. The van der Waals surface area contributed by atoms with Gasteiger partial charge in [-0.05, 0) is 43.4 Å². The fourth-order valence-corrected chi connectivity index (χ4v) is 1.72. The van der Waals surface area contributed by atoms with Gasteiger partial charge in [0.05, 0.1) is 0 Å². The number of nitrogens with two attached hydrogens (primary N) is 1. The minimum atomic E-state index is 0.451. The van der Waals surface area contributed by atoms with E-state index in [1.807, 2.05) is 0 Å². The fourth-order valence-electron chi connectivity index (χ4n) is 1.50. The van der Waals surface area contributed by atoms with E-state index in [1.54, 1.807) is 0 Å². The summed E-state index contributed by atoms with van der Waals surface area (Å²) < 4.78 is 0. The predicted molar refractivity (Wildman–Crippen MR) is 43.8 cm³/mol. The lowest BCUT2D eigenvalue weighted by molar-refractivity contribution is 0.327. The van der Waals surface area contributed by atoms with Gasteiger partial charge in [0, 0.05) is 12.6 Å². The SMILES string of the molecule is NC1CCC(CNCl)CC1. The van der Waals surface area contributed by atoms with Crippen molar-refractivity contribution in [1.29, 1.82) is 0 Å². The van der Waals surface area contributed by atoms with Gasteiger partial charge in [0.2, 0.25) is 0 Å². The van der Waals surface area contributed by atoms with Crippen LogP contribution in [0.1, 0.15) is 25.7 Å². The van der Waals surface area contributed by atoms with Crippen LogP contribution >= 0.6 is 11.8 Å². The second kappa shape index (κ2) is 4.16. The van der Waals surface area contributed by atoms with Crippen molar-refractivity contribution in [3.05, 3.63) is 0 Å². The van der Waals surface area contributed by atoms with E-state index in [2.05, 4.69) is 4.84 Å². The van der Waals surface area contributed by atoms with Crippen molar-refractivity contribution < 1.29 is 0 Å². The molecular formula is C7H15ClN2. The summed E-state index contributed by atoms with van der Waals surface area (Å²) in [5.74, 6) is 0.761. The van der Waals surface area contributed by atoms with Gasteiger partial charge in [-0.15, -0.1) is 0 Å². The molecule has 1 aliphatic carbocycles. The van der Waals surface area contributed by atoms with Crippen molar-refractivity contribution in [3.63, 3.8) is 0 Å². The monoisotopic (exact) mass is 162 g/mol. The molecule has 10 heavy (non-hydrogen) atoms. The van der Waals surface area contributed by atoms with E-state index in [0.717, 1.165) is 12.5 Å². The normalized spacial score (nSPS) is 34.2. The van der Waals surface area contributed by atoms with Crippen LogP contribution in [0.5, 0.6) is 0 Å². The number of hydrogen-bond donors (Lipinski definition) is 2. The van der Waals surface area contributed by atoms with Crippen molar-refractivity contribution in [3.8, 4) is 0 Å². The molecule has 0 spiro atoms. The first-order valence-corrected chi connectivity index (χ1v) is 4.30. The number of halogens is 1. The maximum absolute atomic E-state index is 5.74. The maximum atomic E-state index is 5.74. The van der Waals surface area contributed by atoms with Crippen LogP contribution in [-0.2, 0) is 0 Å². The highest BCUT2D eigenvalue weighted by atomic mass is 35.5. The molecule has 0 aliphatic heterocycles. The van der Waals surface area contributed by atoms with Gasteiger partial charge in [0.1, 0.15) is 0 Å². The van der Waals surface area contributed by atoms with E-state index in [-0.39, 0.29) is 0 Å². The summed E-state index contributed by atoms with van der Waals surface area (Å²) in [6.45, 7) is 0.939. The van der Waals surface area contributed by atoms with E-state index >= 15 is 0 Å². The summed E-state index contributed by atoms with van der Waals surface area (Å²) in [6.07, 6.45) is 4.81. The molecular weight excluding hydrogens is 148 g/mol. The molecule has 0 amide bonds. The first kappa shape index (κ1) is 8.31. The van der Waals surface area contributed by atoms with Crippen molar-refractivity contribution in [1.82, 2.24) is 4.84 Å². The average molecular weight is 163 g/mol. The summed E-state index contributed by atoms with van der Waals surface area (Å²) in [6, 6.07) is 0.451. The van der Waals surface area contributed by atoms with Gasteiger partial charge < -0.3 is 5.73 Å². The minimum absolute atomic E-state index is 0.451. The standard InChI is InChI=1S/C7H15ClN2/c8-10-5-6-1-3-7(9)4-2-6/h6-7,10H,1-5,9H2. The first-order chi connectivity index (χ1) is 4.83. The summed E-state index contributed by atoms with van der Waals surface area (Å²) in [4.78, 5) is 2.68. The molecule has 0 bridgehead atoms. The van der Waals surface area contributed by atoms with Crippen molar-refractivity contribution >= 4 is 11.8 Å². The Morgan fingerprint density at radius 1 is 1.30 bits per heavy atom. The zero-order valence-corrected chi connectivity index (χ0v) is 6.90. The summed E-state index contributed by atoms with van der Waals surface area (Å²) in [7, 11) is 0. The molecule has 0 atom stereocenters. The molecule has 0 aromatic rings. The Morgan fingerprint density at radius 2 is 1.90 bits per heavy atom. The van der Waals surface area contributed by atoms with Gasteiger partial charge in [-0.3, -0.25) is 0 Å². The van der Waals surface area contributed by atoms with Crippen molar-refractivity contribution in [2.24, 2.45) is 11.7 Å². The molecule has 0 aromatic carbocycles. The molecule has 0 saturated heterocycles. The lowest BCUT2D eigenvalue weighted by Gasteiger charge is -2.25. The third-order valence-electron chi connectivity index (χ3n) is 2.26. The number of rotatable bonds is 2. The van der Waals surface area contributed by atoms with E-state index in [1.165, 1.54) is 25.7 Å². The van der Waals surface area contributed by atoms with Crippen LogP contribution in [0.4, 0.5) is 0 Å². The summed E-state index contributed by atoms with van der Waals surface area (Å²) in [5.41, 5.74) is 5.74. The average Bonchev–Trinajstić information content (AvgIpc) is 1.95. The van der Waals surface area contributed by atoms with Crippen molar-refractivity contribution in [2.45, 2.75) is 31.7 Å². The van der Waals surface area contributed by atoms with E-state index in [9.17, 15) is 0 Å². The Bertz CT molecular complexity index is 89.6. The first-order valence-electron chi connectivity index (χ1n) is 3.92. The van der Waals surface area contributed by atoms with Gasteiger partial charge in [-0.1, -0.05) is 0 Å². The summed E-state index contributed by atoms with van der Waals surface area (Å²) >= 11 is 5.39. The van der Waals surface area contributed by atoms with E-state index in [0.29, 0.717) is 6.04 Å². The zero-order valence-electron chi connectivity index (χ0n) is 6.15. The molecule has 60 valence electrons. The third-order valence-corrected chi connectivity index (χ3v) is 2.41. The van der Waals surface area contributed by atoms with Crippen LogP contribution in [-0.4, -0.2) is 12.6 Å². The van der Waals surface area contributed by atoms with Gasteiger partial charge >= 0.3 is 0 Å². The highest BCUT2D eigenvalue weighted by molar-refractivity contribution is 6.13. The molecule has 1 rings (SSSR count). The molecule has 3 N–H and O–H groups in total. The van der Waals surface area contributed by atoms with Crippen LogP contribution in [0, 0.1) is 5.92 Å². The smallest absolute Gasteiger partial charge is 0.0136 e. The molecule has 1 saturated carbocycles. The molecule has 0 radical (unpaired) electrons. The maximum Gasteiger partial charge on any atom is 0.0136 e. The third kappa shape index (κ3) is 2.45. The Morgan fingerprint density at radius 3 is 2.40 bits per heavy atom. The van der Waals surface area contributed by atoms with Crippen LogP contribution in [0.3, 0.4) is 0 Å². The van der Waals surface area contributed by atoms with Gasteiger partial charge in [-0.25, -0.2) is 4.84 Å². The van der Waals surface area contributed by atoms with Crippen LogP contribution in [0.15, 0.2) is 0 Å².